The van der Waals surface area contributed by atoms with E-state index in [-0.39, 0.29) is 17.2 Å². The van der Waals surface area contributed by atoms with Gasteiger partial charge in [0, 0.05) is 31.4 Å². The van der Waals surface area contributed by atoms with Crippen molar-refractivity contribution >= 4 is 17.3 Å². The van der Waals surface area contributed by atoms with Crippen LogP contribution in [0.5, 0.6) is 0 Å². The van der Waals surface area contributed by atoms with Gasteiger partial charge in [0.05, 0.1) is 23.5 Å². The van der Waals surface area contributed by atoms with Gasteiger partial charge in [0.15, 0.2) is 0 Å². The van der Waals surface area contributed by atoms with Crippen LogP contribution in [-0.2, 0) is 6.54 Å². The van der Waals surface area contributed by atoms with Gasteiger partial charge in [-0.05, 0) is 36.2 Å². The van der Waals surface area contributed by atoms with Crippen molar-refractivity contribution in [3.63, 3.8) is 0 Å². The molecular formula is C22H22N4O3. The number of rotatable bonds is 5. The molecule has 7 heteroatoms. The summed E-state index contributed by atoms with van der Waals surface area (Å²) in [5, 5.41) is 15.8. The molecule has 2 N–H and O–H groups in total. The molecule has 148 valence electrons. The molecule has 0 aliphatic carbocycles. The van der Waals surface area contributed by atoms with Gasteiger partial charge in [-0.25, -0.2) is 9.89 Å². The predicted molar refractivity (Wildman–Crippen MR) is 112 cm³/mol. The smallest absolute Gasteiger partial charge is 0.335 e. The van der Waals surface area contributed by atoms with Gasteiger partial charge in [-0.15, -0.1) is 0 Å². The largest absolute Gasteiger partial charge is 0.478 e. The summed E-state index contributed by atoms with van der Waals surface area (Å²) >= 11 is 0. The summed E-state index contributed by atoms with van der Waals surface area (Å²) in [6.07, 6.45) is 1.70. The first-order valence-electron chi connectivity index (χ1n) is 9.39. The summed E-state index contributed by atoms with van der Waals surface area (Å²) in [4.78, 5) is 27.7. The highest BCUT2D eigenvalue weighted by atomic mass is 16.4. The van der Waals surface area contributed by atoms with E-state index in [9.17, 15) is 14.7 Å². The highest BCUT2D eigenvalue weighted by Gasteiger charge is 2.32. The minimum Gasteiger partial charge on any atom is -0.478 e. The van der Waals surface area contributed by atoms with E-state index in [0.717, 1.165) is 11.4 Å². The van der Waals surface area contributed by atoms with E-state index < -0.39 is 5.97 Å². The number of aromatic nitrogens is 2. The van der Waals surface area contributed by atoms with Crippen LogP contribution in [0, 0.1) is 6.92 Å². The Morgan fingerprint density at radius 3 is 2.86 bits per heavy atom. The number of nitrogens with one attached hydrogen (secondary N) is 1. The molecule has 0 amide bonds. The SMILES string of the molecule is Cc1c(N2Cc3ccccc3C2CN(C)c2cccc(C(=O)O)c2)cn[nH]c1=O. The Morgan fingerprint density at radius 2 is 2.07 bits per heavy atom. The van der Waals surface area contributed by atoms with E-state index in [1.54, 1.807) is 31.3 Å². The zero-order valence-corrected chi connectivity index (χ0v) is 16.3. The Kier molecular flexibility index (Phi) is 4.80. The van der Waals surface area contributed by atoms with Crippen molar-refractivity contribution < 1.29 is 9.90 Å². The number of likely N-dealkylation sites (N-methyl/N-ethyl adjacent to an activating group) is 1. The molecule has 1 aliphatic rings. The maximum Gasteiger partial charge on any atom is 0.335 e. The number of hydrogen-bond donors (Lipinski definition) is 2. The lowest BCUT2D eigenvalue weighted by atomic mass is 10.0. The zero-order chi connectivity index (χ0) is 20.5. The number of anilines is 2. The molecule has 2 heterocycles. The minimum absolute atomic E-state index is 0.00647. The molecule has 2 aromatic carbocycles. The molecule has 1 aromatic heterocycles. The van der Waals surface area contributed by atoms with Crippen molar-refractivity contribution in [1.82, 2.24) is 10.2 Å². The molecule has 1 aliphatic heterocycles. The van der Waals surface area contributed by atoms with Gasteiger partial charge in [0.2, 0.25) is 0 Å². The van der Waals surface area contributed by atoms with E-state index >= 15 is 0 Å². The summed E-state index contributed by atoms with van der Waals surface area (Å²) in [7, 11) is 1.95. The zero-order valence-electron chi connectivity index (χ0n) is 16.3. The second kappa shape index (κ2) is 7.43. The van der Waals surface area contributed by atoms with E-state index in [4.69, 9.17) is 0 Å². The Hall–Kier alpha value is -3.61. The molecule has 7 nitrogen and oxygen atoms in total. The predicted octanol–water partition coefficient (Wildman–Crippen LogP) is 2.97. The van der Waals surface area contributed by atoms with Crippen molar-refractivity contribution in [3.05, 3.63) is 87.3 Å². The number of benzene rings is 2. The second-order valence-corrected chi connectivity index (χ2v) is 7.29. The summed E-state index contributed by atoms with van der Waals surface area (Å²) in [5.74, 6) is -0.946. The lowest BCUT2D eigenvalue weighted by molar-refractivity contribution is 0.0697. The number of fused-ring (bicyclic) bond motifs is 1. The Balaban J connectivity index is 1.70. The number of aromatic carboxylic acids is 1. The molecule has 0 saturated heterocycles. The van der Waals surface area contributed by atoms with Crippen molar-refractivity contribution in [2.24, 2.45) is 0 Å². The maximum atomic E-state index is 12.1. The molecule has 4 rings (SSSR count). The molecule has 0 spiro atoms. The fraction of sp³-hybridized carbons (Fsp3) is 0.227. The van der Waals surface area contributed by atoms with Crippen LogP contribution >= 0.6 is 0 Å². The highest BCUT2D eigenvalue weighted by molar-refractivity contribution is 5.88. The van der Waals surface area contributed by atoms with Crippen molar-refractivity contribution in [3.8, 4) is 0 Å². The summed E-state index contributed by atoms with van der Waals surface area (Å²) in [5.41, 5.74) is 4.75. The van der Waals surface area contributed by atoms with Gasteiger partial charge < -0.3 is 14.9 Å². The number of hydrogen-bond acceptors (Lipinski definition) is 5. The Labute approximate surface area is 168 Å². The quantitative estimate of drug-likeness (QED) is 0.696. The number of nitrogens with zero attached hydrogens (tertiary/aromatic N) is 3. The molecule has 0 radical (unpaired) electrons. The van der Waals surface area contributed by atoms with Gasteiger partial charge >= 0.3 is 5.97 Å². The first-order chi connectivity index (χ1) is 14.0. The molecule has 0 fully saturated rings. The van der Waals surface area contributed by atoms with E-state index in [1.165, 1.54) is 11.1 Å². The number of H-pyrrole nitrogens is 1. The normalized spacial score (nSPS) is 15.2. The number of carboxylic acids is 1. The third-order valence-corrected chi connectivity index (χ3v) is 5.50. The molecule has 0 bridgehead atoms. The van der Waals surface area contributed by atoms with Crippen LogP contribution in [0.25, 0.3) is 0 Å². The summed E-state index contributed by atoms with van der Waals surface area (Å²) in [6, 6.07) is 15.2. The lowest BCUT2D eigenvalue weighted by Crippen LogP contribution is -2.34. The fourth-order valence-corrected chi connectivity index (χ4v) is 3.89. The van der Waals surface area contributed by atoms with Crippen LogP contribution < -0.4 is 15.4 Å². The third-order valence-electron chi connectivity index (χ3n) is 5.50. The van der Waals surface area contributed by atoms with Crippen LogP contribution in [0.1, 0.15) is 33.1 Å². The topological polar surface area (TPSA) is 89.5 Å². The van der Waals surface area contributed by atoms with Crippen molar-refractivity contribution in [2.45, 2.75) is 19.5 Å². The van der Waals surface area contributed by atoms with E-state index in [1.807, 2.05) is 30.1 Å². The van der Waals surface area contributed by atoms with Gasteiger partial charge in [0.1, 0.15) is 0 Å². The van der Waals surface area contributed by atoms with Gasteiger partial charge in [-0.3, -0.25) is 4.79 Å². The Morgan fingerprint density at radius 1 is 1.28 bits per heavy atom. The fourth-order valence-electron chi connectivity index (χ4n) is 3.89. The number of carbonyl (C=O) groups is 1. The second-order valence-electron chi connectivity index (χ2n) is 7.29. The highest BCUT2D eigenvalue weighted by Crippen LogP contribution is 2.38. The average molecular weight is 390 g/mol. The van der Waals surface area contributed by atoms with Gasteiger partial charge in [-0.1, -0.05) is 30.3 Å². The molecule has 0 saturated carbocycles. The third kappa shape index (κ3) is 3.47. The minimum atomic E-state index is -0.946. The van der Waals surface area contributed by atoms with Gasteiger partial charge in [0.25, 0.3) is 5.56 Å². The Bertz CT molecular complexity index is 1120. The van der Waals surface area contributed by atoms with E-state index in [0.29, 0.717) is 18.7 Å². The molecule has 1 unspecified atom stereocenters. The first kappa shape index (κ1) is 18.7. The first-order valence-corrected chi connectivity index (χ1v) is 9.39. The van der Waals surface area contributed by atoms with Crippen molar-refractivity contribution in [2.75, 3.05) is 23.4 Å². The molecular weight excluding hydrogens is 368 g/mol. The van der Waals surface area contributed by atoms with Crippen LogP contribution in [0.15, 0.2) is 59.5 Å². The lowest BCUT2D eigenvalue weighted by Gasteiger charge is -2.32. The molecule has 29 heavy (non-hydrogen) atoms. The monoisotopic (exact) mass is 390 g/mol. The van der Waals surface area contributed by atoms with Crippen LogP contribution in [0.2, 0.25) is 0 Å². The van der Waals surface area contributed by atoms with E-state index in [2.05, 4.69) is 27.2 Å². The number of aromatic amines is 1. The summed E-state index contributed by atoms with van der Waals surface area (Å²) < 4.78 is 0. The number of carboxylic acid groups (broad SMARTS) is 1. The standard InChI is InChI=1S/C22H22N4O3/c1-14-19(11-23-24-21(14)27)26-12-16-6-3-4-9-18(16)20(26)13-25(2)17-8-5-7-15(10-17)22(28)29/h3-11,20H,12-13H2,1-2H3,(H,24,27)(H,28,29). The average Bonchev–Trinajstić information content (AvgIpc) is 3.08. The van der Waals surface area contributed by atoms with Crippen LogP contribution in [0.4, 0.5) is 11.4 Å². The summed E-state index contributed by atoms with van der Waals surface area (Å²) in [6.45, 7) is 3.12. The molecule has 3 aromatic rings. The van der Waals surface area contributed by atoms with Crippen LogP contribution in [0.3, 0.4) is 0 Å². The van der Waals surface area contributed by atoms with Crippen molar-refractivity contribution in [1.29, 1.82) is 0 Å². The maximum absolute atomic E-state index is 12.1. The molecule has 1 atom stereocenters. The van der Waals surface area contributed by atoms with Crippen LogP contribution in [-0.4, -0.2) is 34.9 Å². The van der Waals surface area contributed by atoms with Gasteiger partial charge in [-0.2, -0.15) is 5.10 Å².